The molecule has 2 aliphatic carbocycles. The Labute approximate surface area is 146 Å². The molecule has 2 aliphatic rings. The van der Waals surface area contributed by atoms with Crippen LogP contribution in [-0.4, -0.2) is 17.3 Å². The Hall–Kier alpha value is -1.02. The van der Waals surface area contributed by atoms with Gasteiger partial charge in [-0.1, -0.05) is 19.4 Å². The van der Waals surface area contributed by atoms with Crippen molar-refractivity contribution in [1.82, 2.24) is 0 Å². The Morgan fingerprint density at radius 2 is 1.68 bits per heavy atom. The van der Waals surface area contributed by atoms with Gasteiger partial charge in [-0.2, -0.15) is 0 Å². The minimum Gasteiger partial charge on any atom is -0.876 e. The molecule has 0 aromatic carbocycles. The van der Waals surface area contributed by atoms with Gasteiger partial charge in [-0.25, -0.2) is 0 Å². The molecule has 3 atom stereocenters. The molecule has 124 valence electrons. The van der Waals surface area contributed by atoms with Crippen LogP contribution in [0.5, 0.6) is 0 Å². The van der Waals surface area contributed by atoms with Crippen LogP contribution in [-0.2, 0) is 35.4 Å². The van der Waals surface area contributed by atoms with Gasteiger partial charge in [-0.05, 0) is 32.8 Å². The van der Waals surface area contributed by atoms with Crippen LogP contribution in [0.4, 0.5) is 0 Å². The van der Waals surface area contributed by atoms with Crippen LogP contribution >= 0.6 is 0 Å². The summed E-state index contributed by atoms with van der Waals surface area (Å²) < 4.78 is 0. The number of carbonyl (C=O) groups excluding carboxylic acids is 3. The molecule has 22 heavy (non-hydrogen) atoms. The molecule has 1 unspecified atom stereocenters. The van der Waals surface area contributed by atoms with Crippen LogP contribution in [0.15, 0.2) is 24.0 Å². The molecule has 0 N–H and O–H groups in total. The molecule has 0 amide bonds. The monoisotopic (exact) mass is 485 g/mol. The van der Waals surface area contributed by atoms with E-state index in [2.05, 4.69) is 18.6 Å². The molecule has 4 nitrogen and oxygen atoms in total. The van der Waals surface area contributed by atoms with Crippen LogP contribution < -0.4 is 5.11 Å². The summed E-state index contributed by atoms with van der Waals surface area (Å²) in [5, 5.41) is 9.98. The van der Waals surface area contributed by atoms with Crippen molar-refractivity contribution in [1.29, 1.82) is 0 Å². The predicted octanol–water partition coefficient (Wildman–Crippen LogP) is 1.64. The van der Waals surface area contributed by atoms with E-state index in [0.717, 1.165) is 12.5 Å². The maximum absolute atomic E-state index is 11.4. The van der Waals surface area contributed by atoms with E-state index < -0.39 is 5.92 Å². The van der Waals surface area contributed by atoms with Crippen LogP contribution in [0.2, 0.25) is 0 Å². The molecule has 1 fully saturated rings. The largest absolute Gasteiger partial charge is 2.00 e. The van der Waals surface area contributed by atoms with Crippen molar-refractivity contribution in [3.8, 4) is 0 Å². The molecule has 1 saturated carbocycles. The summed E-state index contributed by atoms with van der Waals surface area (Å²) in [6, 6.07) is 0. The zero-order valence-corrected chi connectivity index (χ0v) is 15.5. The van der Waals surface area contributed by atoms with Gasteiger partial charge in [0.1, 0.15) is 11.6 Å². The van der Waals surface area contributed by atoms with Crippen LogP contribution in [0, 0.1) is 30.1 Å². The average Bonchev–Trinajstić information content (AvgIpc) is 2.88. The maximum atomic E-state index is 11.4. The minimum atomic E-state index is -0.394. The van der Waals surface area contributed by atoms with Crippen molar-refractivity contribution in [2.24, 2.45) is 23.7 Å². The first kappa shape index (κ1) is 21.0. The van der Waals surface area contributed by atoms with Gasteiger partial charge < -0.3 is 11.5 Å². The number of carbonyl (C=O) groups is 3. The molecular weight excluding hydrogens is 463 g/mol. The first-order chi connectivity index (χ1) is 9.72. The van der Waals surface area contributed by atoms with Crippen LogP contribution in [0.3, 0.4) is 0 Å². The Kier molecular flexibility index (Phi) is 8.77. The summed E-state index contributed by atoms with van der Waals surface area (Å²) in [7, 11) is 0. The summed E-state index contributed by atoms with van der Waals surface area (Å²) in [4.78, 5) is 32.7. The molecule has 5 heteroatoms. The van der Waals surface area contributed by atoms with Gasteiger partial charge >= 0.3 is 21.1 Å². The van der Waals surface area contributed by atoms with Gasteiger partial charge in [0.2, 0.25) is 0 Å². The van der Waals surface area contributed by atoms with E-state index in [1.807, 2.05) is 0 Å². The SMILES string of the molecule is CC(=O)/C=C(/C)[O-].CC(=O)C(C(C)=O)C1[CH-][C@H]2C=C[C@@H]1C2.[Pt+2]. The van der Waals surface area contributed by atoms with Gasteiger partial charge in [0.05, 0.1) is 5.92 Å². The van der Waals surface area contributed by atoms with E-state index in [4.69, 9.17) is 0 Å². The number of Topliss-reactive ketones (excluding diaryl/α,β-unsaturated/α-hetero) is 2. The maximum Gasteiger partial charge on any atom is 2.00 e. The van der Waals surface area contributed by atoms with Gasteiger partial charge in [0, 0.05) is 0 Å². The van der Waals surface area contributed by atoms with Gasteiger partial charge in [0.25, 0.3) is 0 Å². The second-order valence-corrected chi connectivity index (χ2v) is 5.78. The fourth-order valence-corrected chi connectivity index (χ4v) is 3.09. The summed E-state index contributed by atoms with van der Waals surface area (Å²) >= 11 is 0. The average molecular weight is 485 g/mol. The minimum absolute atomic E-state index is 0. The quantitative estimate of drug-likeness (QED) is 0.200. The zero-order valence-electron chi connectivity index (χ0n) is 13.3. The molecule has 0 spiro atoms. The summed E-state index contributed by atoms with van der Waals surface area (Å²) in [5.41, 5.74) is 0. The number of fused-ring (bicyclic) bond motifs is 2. The second kappa shape index (κ2) is 9.19. The summed E-state index contributed by atoms with van der Waals surface area (Å²) in [5.74, 6) is 0.360. The molecule has 2 rings (SSSR count). The van der Waals surface area contributed by atoms with Crippen LogP contribution in [0.25, 0.3) is 0 Å². The first-order valence-electron chi connectivity index (χ1n) is 7.12. The van der Waals surface area contributed by atoms with E-state index >= 15 is 0 Å². The van der Waals surface area contributed by atoms with Gasteiger partial charge in [0.15, 0.2) is 5.78 Å². The Morgan fingerprint density at radius 3 is 1.91 bits per heavy atom. The fraction of sp³-hybridized carbons (Fsp3) is 0.529. The van der Waals surface area contributed by atoms with Crippen molar-refractivity contribution in [3.63, 3.8) is 0 Å². The number of hydrogen-bond donors (Lipinski definition) is 0. The third-order valence-corrected chi connectivity index (χ3v) is 3.78. The molecule has 0 saturated heterocycles. The van der Waals surface area contributed by atoms with Gasteiger partial charge in [-0.3, -0.25) is 14.4 Å². The summed E-state index contributed by atoms with van der Waals surface area (Å²) in [6.07, 6.45) is 8.67. The molecular formula is C17H22O4Pt. The van der Waals surface area contributed by atoms with Crippen molar-refractivity contribution >= 4 is 17.3 Å². The van der Waals surface area contributed by atoms with Crippen molar-refractivity contribution in [2.45, 2.75) is 34.1 Å². The van der Waals surface area contributed by atoms with E-state index in [9.17, 15) is 19.5 Å². The third-order valence-electron chi connectivity index (χ3n) is 3.78. The number of allylic oxidation sites excluding steroid dienone is 4. The Morgan fingerprint density at radius 1 is 1.14 bits per heavy atom. The number of hydrogen-bond acceptors (Lipinski definition) is 4. The molecule has 0 heterocycles. The smallest absolute Gasteiger partial charge is 0.876 e. The van der Waals surface area contributed by atoms with Crippen LogP contribution in [0.1, 0.15) is 34.1 Å². The van der Waals surface area contributed by atoms with E-state index in [0.29, 0.717) is 11.8 Å². The van der Waals surface area contributed by atoms with Crippen molar-refractivity contribution in [3.05, 3.63) is 30.4 Å². The number of rotatable bonds is 4. The fourth-order valence-electron chi connectivity index (χ4n) is 3.09. The Bertz CT molecular complexity index is 475. The molecule has 0 aromatic rings. The standard InChI is InChI=1S/C12H15O2.C5H8O2.Pt/c1-7(13)12(8(2)14)11-6-9-3-4-10(11)5-9;1-4(6)3-5(2)7;/h3-4,6,9-12H,5H2,1-2H3;3,6H,1-2H3;/q-1;;+2/p-1/b;4-3-;/t9-,10+,11?;;/m0../s1. The normalized spacial score (nSPS) is 25.3. The third kappa shape index (κ3) is 6.00. The Balaban J connectivity index is 0.000000478. The van der Waals surface area contributed by atoms with Gasteiger partial charge in [-0.15, -0.1) is 23.7 Å². The molecule has 0 aliphatic heterocycles. The predicted molar refractivity (Wildman–Crippen MR) is 77.8 cm³/mol. The molecule has 0 radical (unpaired) electrons. The van der Waals surface area contributed by atoms with Crippen molar-refractivity contribution in [2.75, 3.05) is 0 Å². The van der Waals surface area contributed by atoms with Crippen molar-refractivity contribution < 1.29 is 40.6 Å². The molecule has 2 bridgehead atoms. The first-order valence-corrected chi connectivity index (χ1v) is 7.12. The topological polar surface area (TPSA) is 74.3 Å². The summed E-state index contributed by atoms with van der Waals surface area (Å²) in [6.45, 7) is 5.74. The van der Waals surface area contributed by atoms with E-state index in [-0.39, 0.29) is 50.1 Å². The zero-order chi connectivity index (χ0) is 16.2. The van der Waals surface area contributed by atoms with E-state index in [1.54, 1.807) is 0 Å². The second-order valence-electron chi connectivity index (χ2n) is 5.78. The van der Waals surface area contributed by atoms with E-state index in [1.165, 1.54) is 27.7 Å². The molecule has 0 aromatic heterocycles. The number of ketones is 3.